The highest BCUT2D eigenvalue weighted by Gasteiger charge is 2.17. The van der Waals surface area contributed by atoms with Gasteiger partial charge in [-0.2, -0.15) is 0 Å². The number of nitrogen functional groups attached to an aromatic ring is 1. The van der Waals surface area contributed by atoms with Gasteiger partial charge in [0, 0.05) is 11.1 Å². The summed E-state index contributed by atoms with van der Waals surface area (Å²) in [5.74, 6) is 0.0213. The number of rotatable bonds is 3. The van der Waals surface area contributed by atoms with Crippen LogP contribution in [0.2, 0.25) is 0 Å². The van der Waals surface area contributed by atoms with E-state index >= 15 is 0 Å². The molecule has 5 nitrogen and oxygen atoms in total. The largest absolute Gasteiger partial charge is 0.383 e. The van der Waals surface area contributed by atoms with E-state index in [4.69, 9.17) is 5.73 Å². The van der Waals surface area contributed by atoms with Crippen molar-refractivity contribution in [3.63, 3.8) is 0 Å². The Morgan fingerprint density at radius 1 is 1.47 bits per heavy atom. The molecule has 6 heteroatoms. The number of hydrogen-bond acceptors (Lipinski definition) is 5. The van der Waals surface area contributed by atoms with Gasteiger partial charge in [-0.15, -0.1) is 11.3 Å². The molecule has 0 aromatic carbocycles. The van der Waals surface area contributed by atoms with E-state index in [1.165, 1.54) is 0 Å². The van der Waals surface area contributed by atoms with E-state index in [0.717, 1.165) is 15.6 Å². The highest BCUT2D eigenvalue weighted by molar-refractivity contribution is 7.11. The average Bonchev–Trinajstić information content (AvgIpc) is 2.69. The zero-order valence-electron chi connectivity index (χ0n) is 11.1. The van der Waals surface area contributed by atoms with Gasteiger partial charge in [-0.05, 0) is 32.9 Å². The molecule has 1 amide bonds. The smallest absolute Gasteiger partial charge is 0.255 e. The molecule has 2 aromatic heterocycles. The van der Waals surface area contributed by atoms with Crippen LogP contribution in [-0.4, -0.2) is 15.9 Å². The van der Waals surface area contributed by atoms with Crippen LogP contribution in [0.3, 0.4) is 0 Å². The lowest BCUT2D eigenvalue weighted by atomic mass is 10.2. The maximum absolute atomic E-state index is 12.1. The topological polar surface area (TPSA) is 80.9 Å². The minimum absolute atomic E-state index is 0.0988. The average molecular weight is 276 g/mol. The van der Waals surface area contributed by atoms with Gasteiger partial charge >= 0.3 is 0 Å². The number of aromatic nitrogens is 2. The Kier molecular flexibility index (Phi) is 3.80. The first-order chi connectivity index (χ1) is 8.99. The maximum Gasteiger partial charge on any atom is 0.255 e. The van der Waals surface area contributed by atoms with E-state index in [2.05, 4.69) is 15.3 Å². The second-order valence-corrected chi connectivity index (χ2v) is 5.55. The SMILES string of the molecule is Cc1nc(C)c(C(C)NC(=O)c2cccnc2N)s1. The fourth-order valence-corrected chi connectivity index (χ4v) is 2.83. The first-order valence-corrected chi connectivity index (χ1v) is 6.76. The molecule has 3 N–H and O–H groups in total. The number of nitrogens with one attached hydrogen (secondary N) is 1. The monoisotopic (exact) mass is 276 g/mol. The predicted molar refractivity (Wildman–Crippen MR) is 76.1 cm³/mol. The van der Waals surface area contributed by atoms with Gasteiger partial charge in [0.15, 0.2) is 0 Å². The van der Waals surface area contributed by atoms with Gasteiger partial charge in [-0.1, -0.05) is 0 Å². The van der Waals surface area contributed by atoms with Crippen LogP contribution >= 0.6 is 11.3 Å². The van der Waals surface area contributed by atoms with Crippen molar-refractivity contribution in [2.75, 3.05) is 5.73 Å². The van der Waals surface area contributed by atoms with Crippen LogP contribution in [-0.2, 0) is 0 Å². The number of pyridine rings is 1. The Hall–Kier alpha value is -1.95. The second kappa shape index (κ2) is 5.36. The number of anilines is 1. The van der Waals surface area contributed by atoms with Gasteiger partial charge in [0.25, 0.3) is 5.91 Å². The maximum atomic E-state index is 12.1. The summed E-state index contributed by atoms with van der Waals surface area (Å²) < 4.78 is 0. The number of nitrogens with two attached hydrogens (primary N) is 1. The van der Waals surface area contributed by atoms with E-state index in [0.29, 0.717) is 5.56 Å². The molecular weight excluding hydrogens is 260 g/mol. The second-order valence-electron chi connectivity index (χ2n) is 4.31. The predicted octanol–water partition coefficient (Wildman–Crippen LogP) is 2.23. The summed E-state index contributed by atoms with van der Waals surface area (Å²) in [6.45, 7) is 5.83. The van der Waals surface area contributed by atoms with Crippen LogP contribution in [0.4, 0.5) is 5.82 Å². The minimum atomic E-state index is -0.219. The highest BCUT2D eigenvalue weighted by Crippen LogP contribution is 2.24. The molecule has 1 atom stereocenters. The van der Waals surface area contributed by atoms with Crippen LogP contribution in [0.15, 0.2) is 18.3 Å². The third-order valence-corrected chi connectivity index (χ3v) is 4.02. The van der Waals surface area contributed by atoms with Crippen molar-refractivity contribution in [3.05, 3.63) is 39.5 Å². The Bertz CT molecular complexity index is 608. The van der Waals surface area contributed by atoms with E-state index < -0.39 is 0 Å². The van der Waals surface area contributed by atoms with Gasteiger partial charge in [0.2, 0.25) is 0 Å². The van der Waals surface area contributed by atoms with Gasteiger partial charge in [-0.3, -0.25) is 4.79 Å². The van der Waals surface area contributed by atoms with E-state index in [-0.39, 0.29) is 17.8 Å². The fourth-order valence-electron chi connectivity index (χ4n) is 1.90. The molecule has 2 heterocycles. The van der Waals surface area contributed by atoms with Crippen molar-refractivity contribution in [1.82, 2.24) is 15.3 Å². The van der Waals surface area contributed by atoms with Crippen LogP contribution in [0.5, 0.6) is 0 Å². The van der Waals surface area contributed by atoms with Crippen molar-refractivity contribution in [3.8, 4) is 0 Å². The van der Waals surface area contributed by atoms with E-state index in [1.54, 1.807) is 29.7 Å². The Morgan fingerprint density at radius 2 is 2.21 bits per heavy atom. The summed E-state index contributed by atoms with van der Waals surface area (Å²) in [6, 6.07) is 3.26. The molecule has 0 fully saturated rings. The Balaban J connectivity index is 2.15. The molecule has 100 valence electrons. The Morgan fingerprint density at radius 3 is 2.79 bits per heavy atom. The summed E-state index contributed by atoms with van der Waals surface area (Å²) in [4.78, 5) is 21.5. The number of aryl methyl sites for hydroxylation is 2. The van der Waals surface area contributed by atoms with Gasteiger partial charge < -0.3 is 11.1 Å². The zero-order chi connectivity index (χ0) is 14.0. The lowest BCUT2D eigenvalue weighted by Crippen LogP contribution is -2.27. The number of nitrogens with zero attached hydrogens (tertiary/aromatic N) is 2. The fraction of sp³-hybridized carbons (Fsp3) is 0.308. The first-order valence-electron chi connectivity index (χ1n) is 5.94. The Labute approximate surface area is 115 Å². The molecule has 2 aromatic rings. The third kappa shape index (κ3) is 2.90. The lowest BCUT2D eigenvalue weighted by molar-refractivity contribution is 0.0941. The summed E-state index contributed by atoms with van der Waals surface area (Å²) in [5, 5.41) is 3.91. The van der Waals surface area contributed by atoms with Crippen molar-refractivity contribution < 1.29 is 4.79 Å². The van der Waals surface area contributed by atoms with Crippen molar-refractivity contribution >= 4 is 23.1 Å². The van der Waals surface area contributed by atoms with Crippen molar-refractivity contribution in [1.29, 1.82) is 0 Å². The first kappa shape index (κ1) is 13.5. The molecular formula is C13H16N4OS. The van der Waals surface area contributed by atoms with Gasteiger partial charge in [0.05, 0.1) is 22.3 Å². The lowest BCUT2D eigenvalue weighted by Gasteiger charge is -2.13. The van der Waals surface area contributed by atoms with E-state index in [9.17, 15) is 4.79 Å². The number of carbonyl (C=O) groups is 1. The van der Waals surface area contributed by atoms with Crippen molar-refractivity contribution in [2.45, 2.75) is 26.8 Å². The zero-order valence-corrected chi connectivity index (χ0v) is 11.9. The molecule has 19 heavy (non-hydrogen) atoms. The molecule has 0 saturated carbocycles. The minimum Gasteiger partial charge on any atom is -0.383 e. The van der Waals surface area contributed by atoms with Crippen LogP contribution in [0.1, 0.15) is 38.9 Å². The van der Waals surface area contributed by atoms with Crippen LogP contribution in [0.25, 0.3) is 0 Å². The molecule has 0 saturated heterocycles. The van der Waals surface area contributed by atoms with E-state index in [1.807, 2.05) is 20.8 Å². The van der Waals surface area contributed by atoms with Crippen LogP contribution in [0, 0.1) is 13.8 Å². The third-order valence-electron chi connectivity index (χ3n) is 2.76. The molecule has 1 unspecified atom stereocenters. The van der Waals surface area contributed by atoms with Crippen LogP contribution < -0.4 is 11.1 Å². The van der Waals surface area contributed by atoms with Crippen molar-refractivity contribution in [2.24, 2.45) is 0 Å². The number of amides is 1. The summed E-state index contributed by atoms with van der Waals surface area (Å²) in [7, 11) is 0. The molecule has 0 radical (unpaired) electrons. The number of carbonyl (C=O) groups excluding carboxylic acids is 1. The van der Waals surface area contributed by atoms with Gasteiger partial charge in [-0.25, -0.2) is 9.97 Å². The molecule has 0 aliphatic heterocycles. The molecule has 2 rings (SSSR count). The quantitative estimate of drug-likeness (QED) is 0.900. The van der Waals surface area contributed by atoms with Gasteiger partial charge in [0.1, 0.15) is 5.82 Å². The molecule has 0 spiro atoms. The number of hydrogen-bond donors (Lipinski definition) is 2. The number of thiazole rings is 1. The molecule has 0 aliphatic carbocycles. The summed E-state index contributed by atoms with van der Waals surface area (Å²) in [6.07, 6.45) is 1.56. The summed E-state index contributed by atoms with van der Waals surface area (Å²) >= 11 is 1.59. The summed E-state index contributed by atoms with van der Waals surface area (Å²) in [5.41, 5.74) is 7.04. The molecule has 0 aliphatic rings. The highest BCUT2D eigenvalue weighted by atomic mass is 32.1. The normalized spacial score (nSPS) is 12.2. The standard InChI is InChI=1S/C13H16N4OS/c1-7-11(19-9(3)16-7)8(2)17-13(18)10-5-4-6-15-12(10)14/h4-6,8H,1-3H3,(H2,14,15)(H,17,18). The molecule has 0 bridgehead atoms.